The fraction of sp³-hybridized carbons (Fsp3) is 0.250. The molecule has 4 rings (SSSR count). The molecule has 0 aliphatic carbocycles. The van der Waals surface area contributed by atoms with Gasteiger partial charge in [-0.1, -0.05) is 42.5 Å². The summed E-state index contributed by atoms with van der Waals surface area (Å²) in [5, 5.41) is 3.27. The van der Waals surface area contributed by atoms with Crippen LogP contribution in [0.15, 0.2) is 60.9 Å². The van der Waals surface area contributed by atoms with Crippen molar-refractivity contribution in [3.63, 3.8) is 0 Å². The molecule has 1 N–H and O–H groups in total. The fourth-order valence-electron chi connectivity index (χ4n) is 3.01. The largest absolute Gasteiger partial charge is 0.338 e. The molecule has 0 unspecified atom stereocenters. The molecule has 0 radical (unpaired) electrons. The quantitative estimate of drug-likeness (QED) is 0.784. The monoisotopic (exact) mass is 346 g/mol. The van der Waals surface area contributed by atoms with Crippen molar-refractivity contribution >= 4 is 17.6 Å². The number of piperazine rings is 1. The zero-order valence-electron chi connectivity index (χ0n) is 14.8. The van der Waals surface area contributed by atoms with E-state index in [0.717, 1.165) is 37.8 Å². The molecule has 1 aromatic heterocycles. The minimum Gasteiger partial charge on any atom is -0.338 e. The summed E-state index contributed by atoms with van der Waals surface area (Å²) in [5.74, 6) is 1.30. The molecule has 0 saturated carbocycles. The van der Waals surface area contributed by atoms with Gasteiger partial charge in [-0.05, 0) is 30.3 Å². The molecule has 2 aromatic carbocycles. The highest BCUT2D eigenvalue weighted by Crippen LogP contribution is 2.22. The van der Waals surface area contributed by atoms with E-state index in [9.17, 15) is 0 Å². The van der Waals surface area contributed by atoms with Gasteiger partial charge in [0.2, 0.25) is 11.9 Å². The van der Waals surface area contributed by atoms with Crippen molar-refractivity contribution in [3.05, 3.63) is 60.9 Å². The lowest BCUT2D eigenvalue weighted by Gasteiger charge is -2.32. The number of hydrogen-bond donors (Lipinski definition) is 1. The van der Waals surface area contributed by atoms with Gasteiger partial charge in [0.1, 0.15) is 6.33 Å². The Kier molecular flexibility index (Phi) is 4.75. The molecule has 3 aromatic rings. The van der Waals surface area contributed by atoms with Gasteiger partial charge < -0.3 is 15.1 Å². The number of anilines is 3. The Morgan fingerprint density at radius 3 is 2.23 bits per heavy atom. The molecule has 2 heterocycles. The molecule has 1 aliphatic rings. The maximum absolute atomic E-state index is 4.57. The highest BCUT2D eigenvalue weighted by molar-refractivity contribution is 5.67. The number of rotatable bonds is 4. The van der Waals surface area contributed by atoms with E-state index in [-0.39, 0.29) is 0 Å². The number of hydrogen-bond acceptors (Lipinski definition) is 6. The first kappa shape index (κ1) is 16.5. The van der Waals surface area contributed by atoms with Crippen LogP contribution in [0.5, 0.6) is 0 Å². The van der Waals surface area contributed by atoms with E-state index in [0.29, 0.717) is 5.95 Å². The van der Waals surface area contributed by atoms with Gasteiger partial charge in [0.25, 0.3) is 0 Å². The maximum Gasteiger partial charge on any atom is 0.231 e. The summed E-state index contributed by atoms with van der Waals surface area (Å²) in [5.41, 5.74) is 3.35. The van der Waals surface area contributed by atoms with E-state index in [4.69, 9.17) is 0 Å². The fourth-order valence-corrected chi connectivity index (χ4v) is 3.01. The standard InChI is InChI=1S/C20H22N6/c1-25-11-13-26(14-12-25)20-22-15-21-19(24-20)23-18-9-7-17(8-10-18)16-5-3-2-4-6-16/h2-10,15H,11-14H2,1H3,(H,21,22,23,24). The van der Waals surface area contributed by atoms with Gasteiger partial charge in [-0.25, -0.2) is 9.97 Å². The lowest BCUT2D eigenvalue weighted by atomic mass is 10.1. The lowest BCUT2D eigenvalue weighted by Crippen LogP contribution is -2.45. The average molecular weight is 346 g/mol. The molecule has 0 amide bonds. The molecule has 1 fully saturated rings. The predicted molar refractivity (Wildman–Crippen MR) is 105 cm³/mol. The normalized spacial score (nSPS) is 15.0. The Morgan fingerprint density at radius 1 is 0.808 bits per heavy atom. The summed E-state index contributed by atoms with van der Waals surface area (Å²) in [7, 11) is 2.14. The minimum atomic E-state index is 0.571. The van der Waals surface area contributed by atoms with Crippen molar-refractivity contribution in [1.29, 1.82) is 0 Å². The van der Waals surface area contributed by atoms with Crippen LogP contribution in [0.4, 0.5) is 17.6 Å². The van der Waals surface area contributed by atoms with Gasteiger partial charge in [-0.15, -0.1) is 0 Å². The van der Waals surface area contributed by atoms with Crippen LogP contribution in [0, 0.1) is 0 Å². The van der Waals surface area contributed by atoms with Crippen LogP contribution in [0.2, 0.25) is 0 Å². The first-order valence-electron chi connectivity index (χ1n) is 8.83. The molecule has 0 atom stereocenters. The summed E-state index contributed by atoms with van der Waals surface area (Å²) in [6.07, 6.45) is 1.57. The molecule has 132 valence electrons. The van der Waals surface area contributed by atoms with Crippen molar-refractivity contribution < 1.29 is 0 Å². The summed E-state index contributed by atoms with van der Waals surface area (Å²) in [4.78, 5) is 17.7. The van der Waals surface area contributed by atoms with Gasteiger partial charge in [0, 0.05) is 31.9 Å². The van der Waals surface area contributed by atoms with E-state index in [1.54, 1.807) is 6.33 Å². The van der Waals surface area contributed by atoms with Crippen LogP contribution >= 0.6 is 0 Å². The molecule has 26 heavy (non-hydrogen) atoms. The zero-order valence-corrected chi connectivity index (χ0v) is 14.8. The molecule has 0 spiro atoms. The SMILES string of the molecule is CN1CCN(c2ncnc(Nc3ccc(-c4ccccc4)cc3)n2)CC1. The molecule has 1 saturated heterocycles. The van der Waals surface area contributed by atoms with Crippen LogP contribution < -0.4 is 10.2 Å². The van der Waals surface area contributed by atoms with Gasteiger partial charge in [-0.2, -0.15) is 4.98 Å². The van der Waals surface area contributed by atoms with Crippen LogP contribution in [0.3, 0.4) is 0 Å². The maximum atomic E-state index is 4.57. The van der Waals surface area contributed by atoms with Crippen LogP contribution in [-0.4, -0.2) is 53.1 Å². The Morgan fingerprint density at radius 2 is 1.50 bits per heavy atom. The van der Waals surface area contributed by atoms with Crippen LogP contribution in [0.1, 0.15) is 0 Å². The van der Waals surface area contributed by atoms with Crippen LogP contribution in [-0.2, 0) is 0 Å². The second kappa shape index (κ2) is 7.49. The molecule has 1 aliphatic heterocycles. The topological polar surface area (TPSA) is 57.2 Å². The number of aromatic nitrogens is 3. The summed E-state index contributed by atoms with van der Waals surface area (Å²) in [6, 6.07) is 18.6. The third-order valence-corrected chi connectivity index (χ3v) is 4.59. The van der Waals surface area contributed by atoms with E-state index in [1.165, 1.54) is 11.1 Å². The van der Waals surface area contributed by atoms with E-state index >= 15 is 0 Å². The van der Waals surface area contributed by atoms with Crippen molar-refractivity contribution in [1.82, 2.24) is 19.9 Å². The molecule has 0 bridgehead atoms. The third-order valence-electron chi connectivity index (χ3n) is 4.59. The molecule has 6 nitrogen and oxygen atoms in total. The van der Waals surface area contributed by atoms with Gasteiger partial charge in [0.15, 0.2) is 0 Å². The molecular formula is C20H22N6. The van der Waals surface area contributed by atoms with Crippen molar-refractivity contribution in [2.24, 2.45) is 0 Å². The van der Waals surface area contributed by atoms with Crippen molar-refractivity contribution in [2.75, 3.05) is 43.4 Å². The van der Waals surface area contributed by atoms with Crippen molar-refractivity contribution in [2.45, 2.75) is 0 Å². The van der Waals surface area contributed by atoms with E-state index in [1.807, 2.05) is 30.3 Å². The number of benzene rings is 2. The first-order chi connectivity index (χ1) is 12.8. The highest BCUT2D eigenvalue weighted by atomic mass is 15.3. The van der Waals surface area contributed by atoms with E-state index < -0.39 is 0 Å². The molecule has 6 heteroatoms. The van der Waals surface area contributed by atoms with Gasteiger partial charge in [0.05, 0.1) is 0 Å². The van der Waals surface area contributed by atoms with Gasteiger partial charge in [-0.3, -0.25) is 0 Å². The van der Waals surface area contributed by atoms with Crippen LogP contribution in [0.25, 0.3) is 11.1 Å². The summed E-state index contributed by atoms with van der Waals surface area (Å²) in [6.45, 7) is 3.92. The second-order valence-electron chi connectivity index (χ2n) is 6.47. The Bertz CT molecular complexity index is 842. The van der Waals surface area contributed by atoms with Gasteiger partial charge >= 0.3 is 0 Å². The zero-order chi connectivity index (χ0) is 17.8. The lowest BCUT2D eigenvalue weighted by molar-refractivity contribution is 0.311. The number of nitrogens with zero attached hydrogens (tertiary/aromatic N) is 5. The smallest absolute Gasteiger partial charge is 0.231 e. The number of nitrogens with one attached hydrogen (secondary N) is 1. The van der Waals surface area contributed by atoms with E-state index in [2.05, 4.69) is 61.4 Å². The number of likely N-dealkylation sites (N-methyl/N-ethyl adjacent to an activating group) is 1. The summed E-state index contributed by atoms with van der Waals surface area (Å²) < 4.78 is 0. The minimum absolute atomic E-state index is 0.571. The Hall–Kier alpha value is -2.99. The van der Waals surface area contributed by atoms with Crippen molar-refractivity contribution in [3.8, 4) is 11.1 Å². The average Bonchev–Trinajstić information content (AvgIpc) is 2.70. The molecular weight excluding hydrogens is 324 g/mol. The Labute approximate surface area is 153 Å². The third kappa shape index (κ3) is 3.81. The first-order valence-corrected chi connectivity index (χ1v) is 8.83. The highest BCUT2D eigenvalue weighted by Gasteiger charge is 2.16. The Balaban J connectivity index is 1.46. The second-order valence-corrected chi connectivity index (χ2v) is 6.47. The summed E-state index contributed by atoms with van der Waals surface area (Å²) >= 11 is 0. The predicted octanol–water partition coefficient (Wildman–Crippen LogP) is 3.03.